The van der Waals surface area contributed by atoms with Crippen molar-refractivity contribution < 1.29 is 29.0 Å². The molecular weight excluding hydrogens is 602 g/mol. The fraction of sp³-hybridized carbons (Fsp3) is 0.927. The van der Waals surface area contributed by atoms with Crippen LogP contribution in [-0.2, 0) is 23.9 Å². The Morgan fingerprint density at radius 2 is 1.54 bits per heavy atom. The molecule has 1 saturated heterocycles. The first-order chi connectivity index (χ1) is 22.3. The van der Waals surface area contributed by atoms with E-state index in [0.29, 0.717) is 54.6 Å². The van der Waals surface area contributed by atoms with Crippen LogP contribution in [0.1, 0.15) is 139 Å². The first-order valence-electron chi connectivity index (χ1n) is 19.6. The van der Waals surface area contributed by atoms with E-state index in [2.05, 4.69) is 53.4 Å². The summed E-state index contributed by atoms with van der Waals surface area (Å²) in [5.41, 5.74) is -0.527. The van der Waals surface area contributed by atoms with E-state index >= 15 is 0 Å². The van der Waals surface area contributed by atoms with Crippen LogP contribution < -0.4 is 0 Å². The van der Waals surface area contributed by atoms with Crippen LogP contribution in [0.2, 0.25) is 0 Å². The molecule has 6 fully saturated rings. The molecule has 0 bridgehead atoms. The van der Waals surface area contributed by atoms with Gasteiger partial charge < -0.3 is 19.5 Å². The van der Waals surface area contributed by atoms with E-state index in [9.17, 15) is 19.5 Å². The molecule has 1 amide bonds. The van der Waals surface area contributed by atoms with Crippen molar-refractivity contribution in [3.63, 3.8) is 0 Å². The second-order valence-corrected chi connectivity index (χ2v) is 19.9. The Morgan fingerprint density at radius 1 is 0.854 bits per heavy atom. The summed E-state index contributed by atoms with van der Waals surface area (Å²) in [6.07, 6.45) is 12.1. The molecule has 1 N–H and O–H groups in total. The Bertz CT molecular complexity index is 1270. The average Bonchev–Trinajstić information content (AvgIpc) is 3.39. The molecule has 6 aliphatic rings. The molecule has 1 heterocycles. The summed E-state index contributed by atoms with van der Waals surface area (Å²) in [4.78, 5) is 40.7. The summed E-state index contributed by atoms with van der Waals surface area (Å²) < 4.78 is 11.8. The Labute approximate surface area is 291 Å². The summed E-state index contributed by atoms with van der Waals surface area (Å²) in [7, 11) is 0. The molecule has 0 spiro atoms. The van der Waals surface area contributed by atoms with Gasteiger partial charge in [0.15, 0.2) is 0 Å². The third kappa shape index (κ3) is 5.48. The number of morpholine rings is 1. The fourth-order valence-electron chi connectivity index (χ4n) is 13.9. The van der Waals surface area contributed by atoms with Crippen molar-refractivity contribution in [2.45, 2.75) is 145 Å². The smallest absolute Gasteiger partial charge is 0.309 e. The lowest BCUT2D eigenvalue weighted by atomic mass is 9.32. The number of carboxylic acid groups (broad SMARTS) is 1. The fourth-order valence-corrected chi connectivity index (χ4v) is 13.9. The first kappa shape index (κ1) is 36.2. The second kappa shape index (κ2) is 12.3. The highest BCUT2D eigenvalue weighted by Gasteiger charge is 2.71. The van der Waals surface area contributed by atoms with Gasteiger partial charge in [0.1, 0.15) is 6.10 Å². The molecule has 7 nitrogen and oxygen atoms in total. The lowest BCUT2D eigenvalue weighted by molar-refractivity contribution is -0.252. The number of esters is 1. The first-order valence-corrected chi connectivity index (χ1v) is 19.6. The molecule has 0 aromatic heterocycles. The number of aliphatic carboxylic acids is 1. The lowest BCUT2D eigenvalue weighted by Crippen LogP contribution is -2.67. The zero-order valence-corrected chi connectivity index (χ0v) is 31.8. The minimum atomic E-state index is -1.13. The molecule has 0 aromatic rings. The molecule has 5 aliphatic carbocycles. The number of carboxylic acids is 1. The van der Waals surface area contributed by atoms with Gasteiger partial charge in [-0.05, 0) is 135 Å². The number of amides is 1. The molecule has 0 radical (unpaired) electrons. The van der Waals surface area contributed by atoms with Crippen molar-refractivity contribution in [3.05, 3.63) is 0 Å². The zero-order valence-electron chi connectivity index (χ0n) is 31.8. The van der Waals surface area contributed by atoms with E-state index in [1.165, 1.54) is 44.9 Å². The lowest BCUT2D eigenvalue weighted by Gasteiger charge is -2.73. The van der Waals surface area contributed by atoms with E-state index in [4.69, 9.17) is 9.47 Å². The Morgan fingerprint density at radius 3 is 2.19 bits per heavy atom. The van der Waals surface area contributed by atoms with Crippen LogP contribution in [0, 0.1) is 68.0 Å². The van der Waals surface area contributed by atoms with Crippen LogP contribution in [0.25, 0.3) is 0 Å². The number of hydrogen-bond acceptors (Lipinski definition) is 5. The molecule has 4 unspecified atom stereocenters. The number of fused-ring (bicyclic) bond motifs is 7. The normalized spacial score (nSPS) is 43.8. The predicted molar refractivity (Wildman–Crippen MR) is 187 cm³/mol. The Hall–Kier alpha value is -1.63. The molecule has 6 rings (SSSR count). The molecule has 48 heavy (non-hydrogen) atoms. The summed E-state index contributed by atoms with van der Waals surface area (Å²) >= 11 is 0. The number of carbonyl (C=O) groups excluding carboxylic acids is 2. The average molecular weight is 670 g/mol. The van der Waals surface area contributed by atoms with Gasteiger partial charge in [-0.3, -0.25) is 14.4 Å². The summed E-state index contributed by atoms with van der Waals surface area (Å²) in [5.74, 6) is 2.69. The van der Waals surface area contributed by atoms with E-state index in [1.807, 2.05) is 0 Å². The van der Waals surface area contributed by atoms with Gasteiger partial charge in [0, 0.05) is 24.9 Å². The van der Waals surface area contributed by atoms with Gasteiger partial charge in [0.05, 0.1) is 25.0 Å². The van der Waals surface area contributed by atoms with Gasteiger partial charge in [0.2, 0.25) is 5.91 Å². The van der Waals surface area contributed by atoms with E-state index < -0.39 is 11.4 Å². The third-order valence-corrected chi connectivity index (χ3v) is 16.8. The number of ether oxygens (including phenoxy) is 2. The van der Waals surface area contributed by atoms with Crippen molar-refractivity contribution in [3.8, 4) is 0 Å². The number of carbonyl (C=O) groups is 3. The van der Waals surface area contributed by atoms with E-state index in [-0.39, 0.29) is 45.6 Å². The largest absolute Gasteiger partial charge is 0.481 e. The molecule has 5 saturated carbocycles. The van der Waals surface area contributed by atoms with E-state index in [0.717, 1.165) is 38.8 Å². The number of hydrogen-bond donors (Lipinski definition) is 1. The van der Waals surface area contributed by atoms with Crippen LogP contribution in [0.3, 0.4) is 0 Å². The quantitative estimate of drug-likeness (QED) is 0.274. The van der Waals surface area contributed by atoms with Gasteiger partial charge in [-0.1, -0.05) is 48.5 Å². The third-order valence-electron chi connectivity index (χ3n) is 16.8. The van der Waals surface area contributed by atoms with Crippen molar-refractivity contribution in [2.75, 3.05) is 26.3 Å². The predicted octanol–water partition coefficient (Wildman–Crippen LogP) is 8.39. The summed E-state index contributed by atoms with van der Waals surface area (Å²) in [5, 5.41) is 9.59. The van der Waals surface area contributed by atoms with Crippen LogP contribution in [0.5, 0.6) is 0 Å². The van der Waals surface area contributed by atoms with Gasteiger partial charge in [-0.25, -0.2) is 0 Å². The van der Waals surface area contributed by atoms with Gasteiger partial charge in [0.25, 0.3) is 0 Å². The Kier molecular flexibility index (Phi) is 9.24. The van der Waals surface area contributed by atoms with Crippen LogP contribution >= 0.6 is 0 Å². The number of rotatable bonds is 7. The van der Waals surface area contributed by atoms with Crippen LogP contribution in [0.15, 0.2) is 0 Å². The minimum Gasteiger partial charge on any atom is -0.481 e. The van der Waals surface area contributed by atoms with Crippen LogP contribution in [0.4, 0.5) is 0 Å². The van der Waals surface area contributed by atoms with Gasteiger partial charge >= 0.3 is 11.9 Å². The molecule has 7 heteroatoms. The second-order valence-electron chi connectivity index (χ2n) is 19.9. The monoisotopic (exact) mass is 669 g/mol. The van der Waals surface area contributed by atoms with Gasteiger partial charge in [-0.2, -0.15) is 0 Å². The molecule has 0 aromatic carbocycles. The maximum Gasteiger partial charge on any atom is 0.309 e. The highest BCUT2D eigenvalue weighted by atomic mass is 16.5. The maximum absolute atomic E-state index is 13.9. The SMILES string of the molecule is CC(C)C1CC[C@]2(CC(=O)N3CCOCC3)CC[C@]3(C)[C@H](CCC4[C@@]5(C)CC[C@H](OC(=O)CC(C)(C)C(=O)O)C(C)(C)C5CC[C@]43C)C12. The Balaban J connectivity index is 1.25. The van der Waals surface area contributed by atoms with Crippen molar-refractivity contribution in [1.29, 1.82) is 0 Å². The summed E-state index contributed by atoms with van der Waals surface area (Å²) in [6, 6.07) is 0. The maximum atomic E-state index is 13.9. The van der Waals surface area contributed by atoms with Crippen molar-refractivity contribution in [1.82, 2.24) is 4.90 Å². The minimum absolute atomic E-state index is 0.102. The zero-order chi connectivity index (χ0) is 35.1. The highest BCUT2D eigenvalue weighted by Crippen LogP contribution is 2.78. The van der Waals surface area contributed by atoms with Gasteiger partial charge in [-0.15, -0.1) is 0 Å². The topological polar surface area (TPSA) is 93.1 Å². The summed E-state index contributed by atoms with van der Waals surface area (Å²) in [6.45, 7) is 23.5. The van der Waals surface area contributed by atoms with Crippen molar-refractivity contribution in [2.24, 2.45) is 68.0 Å². The number of nitrogens with zero attached hydrogens (tertiary/aromatic N) is 1. The highest BCUT2D eigenvalue weighted by molar-refractivity contribution is 5.81. The standard InChI is InChI=1S/C41H67NO6/c1-26(2)27-12-17-41(24-32(43)42-20-22-47-23-21-42)19-18-39(8)28(34(27)41)10-11-30-38(7)15-14-31(48-33(44)25-36(3,4)35(45)46)37(5,6)29(38)13-16-40(30,39)9/h26-31,34H,10-25H2,1-9H3,(H,45,46)/t27?,28-,29?,30?,31+,34?,38+,39-,40-,41-/m1/s1. The molecule has 10 atom stereocenters. The molecule has 272 valence electrons. The van der Waals surface area contributed by atoms with E-state index in [1.54, 1.807) is 13.8 Å². The molecular formula is C41H67NO6. The van der Waals surface area contributed by atoms with Crippen LogP contribution in [-0.4, -0.2) is 60.3 Å². The molecule has 1 aliphatic heterocycles. The van der Waals surface area contributed by atoms with Crippen molar-refractivity contribution >= 4 is 17.8 Å².